The Labute approximate surface area is 207 Å². The standard InChI is InChI=1S/C22H32O3S.K/c1-3-5-7-9-13-18-17-19-14-11-12-16-21(19)22(26(23,24)25)20(18)15-10-8-6-4-2;/h11-12,14,16-17H,3-10,13,15H2,1-2H3,(H,23,24,25);/q;+1/p-1. The molecule has 0 fully saturated rings. The van der Waals surface area contributed by atoms with Crippen LogP contribution in [-0.2, 0) is 23.0 Å². The van der Waals surface area contributed by atoms with E-state index in [2.05, 4.69) is 19.9 Å². The van der Waals surface area contributed by atoms with Crippen LogP contribution in [0.4, 0.5) is 0 Å². The first kappa shape index (κ1) is 25.3. The van der Waals surface area contributed by atoms with Crippen molar-refractivity contribution >= 4 is 20.9 Å². The van der Waals surface area contributed by atoms with Crippen LogP contribution in [0.15, 0.2) is 35.2 Å². The third-order valence-electron chi connectivity index (χ3n) is 5.03. The van der Waals surface area contributed by atoms with Crippen LogP contribution in [0.2, 0.25) is 0 Å². The molecule has 2 aromatic rings. The maximum atomic E-state index is 12.1. The molecule has 0 unspecified atom stereocenters. The SMILES string of the molecule is CCCCCCc1cc2ccccc2c(S(=O)(=O)[O-])c1CCCCCC.[K+]. The normalized spacial score (nSPS) is 11.5. The molecule has 0 atom stereocenters. The molecule has 3 nitrogen and oxygen atoms in total. The minimum absolute atomic E-state index is 0. The van der Waals surface area contributed by atoms with Crippen molar-refractivity contribution in [1.82, 2.24) is 0 Å². The molecule has 27 heavy (non-hydrogen) atoms. The summed E-state index contributed by atoms with van der Waals surface area (Å²) in [5.74, 6) is 0. The number of rotatable bonds is 11. The second-order valence-corrected chi connectivity index (χ2v) is 8.46. The van der Waals surface area contributed by atoms with E-state index in [1.54, 1.807) is 12.1 Å². The average molecular weight is 415 g/mol. The number of aryl methyl sites for hydroxylation is 1. The molecule has 2 rings (SSSR count). The summed E-state index contributed by atoms with van der Waals surface area (Å²) in [6.45, 7) is 4.33. The quantitative estimate of drug-likeness (QED) is 0.323. The van der Waals surface area contributed by atoms with Crippen LogP contribution in [0.3, 0.4) is 0 Å². The van der Waals surface area contributed by atoms with Crippen molar-refractivity contribution < 1.29 is 64.4 Å². The van der Waals surface area contributed by atoms with E-state index < -0.39 is 10.1 Å². The van der Waals surface area contributed by atoms with Gasteiger partial charge in [0.05, 0.1) is 4.90 Å². The Kier molecular flexibility index (Phi) is 11.9. The summed E-state index contributed by atoms with van der Waals surface area (Å²) in [5, 5.41) is 1.43. The van der Waals surface area contributed by atoms with Gasteiger partial charge in [-0.15, -0.1) is 0 Å². The van der Waals surface area contributed by atoms with Gasteiger partial charge in [-0.05, 0) is 47.6 Å². The van der Waals surface area contributed by atoms with E-state index in [1.165, 1.54) is 12.8 Å². The second kappa shape index (κ2) is 12.7. The third kappa shape index (κ3) is 7.54. The van der Waals surface area contributed by atoms with Gasteiger partial charge in [-0.2, -0.15) is 0 Å². The monoisotopic (exact) mass is 414 g/mol. The zero-order valence-electron chi connectivity index (χ0n) is 17.1. The minimum Gasteiger partial charge on any atom is -0.744 e. The van der Waals surface area contributed by atoms with Gasteiger partial charge in [-0.25, -0.2) is 8.42 Å². The van der Waals surface area contributed by atoms with Gasteiger partial charge in [-0.3, -0.25) is 0 Å². The molecule has 0 N–H and O–H groups in total. The first-order chi connectivity index (χ1) is 12.5. The maximum Gasteiger partial charge on any atom is 1.00 e. The smallest absolute Gasteiger partial charge is 0.744 e. The molecule has 0 heterocycles. The molecular formula is C22H31KO3S. The van der Waals surface area contributed by atoms with E-state index in [1.807, 2.05) is 12.1 Å². The van der Waals surface area contributed by atoms with E-state index in [0.29, 0.717) is 11.8 Å². The van der Waals surface area contributed by atoms with E-state index in [-0.39, 0.29) is 56.3 Å². The van der Waals surface area contributed by atoms with Gasteiger partial charge in [0, 0.05) is 0 Å². The van der Waals surface area contributed by atoms with E-state index in [0.717, 1.165) is 61.5 Å². The molecule has 0 aliphatic carbocycles. The molecule has 5 heteroatoms. The molecule has 0 bridgehead atoms. The summed E-state index contributed by atoms with van der Waals surface area (Å²) in [5.41, 5.74) is 1.82. The van der Waals surface area contributed by atoms with Crippen LogP contribution in [0.1, 0.15) is 76.3 Å². The Bertz CT molecular complexity index is 816. The van der Waals surface area contributed by atoms with Crippen LogP contribution in [0.5, 0.6) is 0 Å². The van der Waals surface area contributed by atoms with E-state index >= 15 is 0 Å². The molecule has 0 spiro atoms. The minimum atomic E-state index is -4.51. The van der Waals surface area contributed by atoms with Crippen molar-refractivity contribution in [3.63, 3.8) is 0 Å². The molecule has 0 amide bonds. The van der Waals surface area contributed by atoms with Crippen molar-refractivity contribution in [3.05, 3.63) is 41.5 Å². The molecule has 0 aliphatic heterocycles. The Morgan fingerprint density at radius 3 is 2.04 bits per heavy atom. The Morgan fingerprint density at radius 1 is 0.852 bits per heavy atom. The molecular weight excluding hydrogens is 383 g/mol. The fourth-order valence-corrected chi connectivity index (χ4v) is 4.66. The topological polar surface area (TPSA) is 57.2 Å². The first-order valence-corrected chi connectivity index (χ1v) is 11.4. The molecule has 0 aliphatic rings. The Hall–Kier alpha value is 0.246. The summed E-state index contributed by atoms with van der Waals surface area (Å²) in [6, 6.07) is 9.46. The first-order valence-electron chi connectivity index (χ1n) is 9.98. The number of fused-ring (bicyclic) bond motifs is 1. The van der Waals surface area contributed by atoms with Gasteiger partial charge in [0.15, 0.2) is 0 Å². The second-order valence-electron chi connectivity index (χ2n) is 7.14. The molecule has 0 saturated heterocycles. The number of hydrogen-bond donors (Lipinski definition) is 0. The van der Waals surface area contributed by atoms with Gasteiger partial charge in [0.2, 0.25) is 0 Å². The van der Waals surface area contributed by atoms with Crippen LogP contribution >= 0.6 is 0 Å². The van der Waals surface area contributed by atoms with Crippen molar-refractivity contribution in [2.75, 3.05) is 0 Å². The largest absolute Gasteiger partial charge is 1.00 e. The predicted octanol–water partition coefficient (Wildman–Crippen LogP) is 2.99. The van der Waals surface area contributed by atoms with Gasteiger partial charge < -0.3 is 4.55 Å². The predicted molar refractivity (Wildman–Crippen MR) is 108 cm³/mol. The Morgan fingerprint density at radius 2 is 1.44 bits per heavy atom. The molecule has 0 radical (unpaired) electrons. The summed E-state index contributed by atoms with van der Waals surface area (Å²) in [7, 11) is -4.51. The van der Waals surface area contributed by atoms with Crippen LogP contribution < -0.4 is 51.4 Å². The van der Waals surface area contributed by atoms with Crippen LogP contribution in [-0.4, -0.2) is 13.0 Å². The summed E-state index contributed by atoms with van der Waals surface area (Å²) >= 11 is 0. The van der Waals surface area contributed by atoms with Crippen LogP contribution in [0.25, 0.3) is 10.8 Å². The molecule has 144 valence electrons. The number of benzene rings is 2. The third-order valence-corrected chi connectivity index (χ3v) is 5.99. The number of hydrogen-bond acceptors (Lipinski definition) is 3. The summed E-state index contributed by atoms with van der Waals surface area (Å²) < 4.78 is 36.4. The fourth-order valence-electron chi connectivity index (χ4n) is 3.67. The van der Waals surface area contributed by atoms with Crippen LogP contribution in [0, 0.1) is 0 Å². The van der Waals surface area contributed by atoms with Crippen molar-refractivity contribution in [2.45, 2.75) is 83.0 Å². The van der Waals surface area contributed by atoms with Gasteiger partial charge in [0.25, 0.3) is 0 Å². The summed E-state index contributed by atoms with van der Waals surface area (Å²) in [6.07, 6.45) is 10.3. The zero-order chi connectivity index (χ0) is 19.0. The maximum absolute atomic E-state index is 12.1. The molecule has 0 aromatic heterocycles. The van der Waals surface area contributed by atoms with Gasteiger partial charge >= 0.3 is 51.4 Å². The number of unbranched alkanes of at least 4 members (excludes halogenated alkanes) is 6. The van der Waals surface area contributed by atoms with Gasteiger partial charge in [-0.1, -0.05) is 82.7 Å². The zero-order valence-corrected chi connectivity index (χ0v) is 21.0. The fraction of sp³-hybridized carbons (Fsp3) is 0.545. The van der Waals surface area contributed by atoms with Crippen molar-refractivity contribution in [1.29, 1.82) is 0 Å². The van der Waals surface area contributed by atoms with Gasteiger partial charge in [0.1, 0.15) is 10.1 Å². The average Bonchev–Trinajstić information content (AvgIpc) is 2.61. The molecule has 2 aromatic carbocycles. The Balaban J connectivity index is 0.00000364. The van der Waals surface area contributed by atoms with Crippen molar-refractivity contribution in [3.8, 4) is 0 Å². The molecule has 0 saturated carbocycles. The summed E-state index contributed by atoms with van der Waals surface area (Å²) in [4.78, 5) is 0.0255. The van der Waals surface area contributed by atoms with E-state index in [4.69, 9.17) is 0 Å². The van der Waals surface area contributed by atoms with Crippen molar-refractivity contribution in [2.24, 2.45) is 0 Å². The van der Waals surface area contributed by atoms with E-state index in [9.17, 15) is 13.0 Å².